The number of nitrogens with one attached hydrogen (secondary N) is 1. The molecule has 30 heavy (non-hydrogen) atoms. The monoisotopic (exact) mass is 422 g/mol. The van der Waals surface area contributed by atoms with Crippen LogP contribution in [0.1, 0.15) is 22.6 Å². The highest BCUT2D eigenvalue weighted by Crippen LogP contribution is 2.44. The average Bonchev–Trinajstić information content (AvgIpc) is 3.07. The van der Waals surface area contributed by atoms with Gasteiger partial charge in [0.1, 0.15) is 17.8 Å². The van der Waals surface area contributed by atoms with Gasteiger partial charge in [-0.3, -0.25) is 0 Å². The first-order valence-electron chi connectivity index (χ1n) is 9.48. The van der Waals surface area contributed by atoms with E-state index in [1.165, 1.54) is 6.20 Å². The smallest absolute Gasteiger partial charge is 0.407 e. The topological polar surface area (TPSA) is 88.5 Å². The maximum Gasteiger partial charge on any atom is 0.407 e. The summed E-state index contributed by atoms with van der Waals surface area (Å²) in [5.41, 5.74) is 4.95. The standard InChI is InChI=1S/C23H19ClN2O4/c24-21-14(6-5-11-25-21)12-20(22(27)28)26-23(29)30-13-19-17-9-3-1-7-15(17)16-8-2-4-10-18(16)19/h1-11,19-20H,12-13H2,(H,26,29)(H,27,28). The van der Waals surface area contributed by atoms with Gasteiger partial charge in [0, 0.05) is 18.5 Å². The average molecular weight is 423 g/mol. The molecule has 0 bridgehead atoms. The first kappa shape index (κ1) is 19.9. The minimum absolute atomic E-state index is 0.00615. The van der Waals surface area contributed by atoms with Gasteiger partial charge in [0.05, 0.1) is 0 Å². The highest BCUT2D eigenvalue weighted by molar-refractivity contribution is 6.30. The molecule has 0 spiro atoms. The molecule has 2 aromatic carbocycles. The van der Waals surface area contributed by atoms with Crippen LogP contribution in [0.4, 0.5) is 4.79 Å². The fourth-order valence-corrected chi connectivity index (χ4v) is 3.97. The van der Waals surface area contributed by atoms with Gasteiger partial charge in [0.2, 0.25) is 0 Å². The second kappa shape index (κ2) is 8.55. The quantitative estimate of drug-likeness (QED) is 0.579. The summed E-state index contributed by atoms with van der Waals surface area (Å²) in [7, 11) is 0. The van der Waals surface area contributed by atoms with Gasteiger partial charge in [-0.15, -0.1) is 0 Å². The Bertz CT molecular complexity index is 1060. The molecule has 152 valence electrons. The van der Waals surface area contributed by atoms with Crippen LogP contribution in [0.15, 0.2) is 66.9 Å². The number of hydrogen-bond acceptors (Lipinski definition) is 4. The molecular weight excluding hydrogens is 404 g/mol. The molecule has 1 aliphatic rings. The fraction of sp³-hybridized carbons (Fsp3) is 0.174. The molecule has 6 nitrogen and oxygen atoms in total. The lowest BCUT2D eigenvalue weighted by Crippen LogP contribution is -2.43. The Morgan fingerprint density at radius 1 is 1.03 bits per heavy atom. The summed E-state index contributed by atoms with van der Waals surface area (Å²) in [4.78, 5) is 27.9. The van der Waals surface area contributed by atoms with Crippen molar-refractivity contribution in [3.05, 3.63) is 88.7 Å². The van der Waals surface area contributed by atoms with Crippen molar-refractivity contribution in [2.45, 2.75) is 18.4 Å². The minimum atomic E-state index is -1.18. The maximum absolute atomic E-state index is 12.4. The molecule has 1 aromatic heterocycles. The number of amides is 1. The van der Waals surface area contributed by atoms with Crippen molar-refractivity contribution in [2.24, 2.45) is 0 Å². The summed E-state index contributed by atoms with van der Waals surface area (Å²) in [5.74, 6) is -1.28. The van der Waals surface area contributed by atoms with Gasteiger partial charge in [-0.2, -0.15) is 0 Å². The molecule has 1 heterocycles. The SMILES string of the molecule is O=C(NC(Cc1cccnc1Cl)C(=O)O)OCC1c2ccccc2-c2ccccc21. The van der Waals surface area contributed by atoms with E-state index in [2.05, 4.69) is 10.3 Å². The third-order valence-electron chi connectivity index (χ3n) is 5.19. The number of halogens is 1. The van der Waals surface area contributed by atoms with Gasteiger partial charge in [-0.05, 0) is 33.9 Å². The van der Waals surface area contributed by atoms with E-state index in [0.29, 0.717) is 5.56 Å². The summed E-state index contributed by atoms with van der Waals surface area (Å²) in [6, 6.07) is 18.2. The van der Waals surface area contributed by atoms with Crippen molar-refractivity contribution in [2.75, 3.05) is 6.61 Å². The summed E-state index contributed by atoms with van der Waals surface area (Å²) in [6.45, 7) is 0.111. The number of rotatable bonds is 6. The fourth-order valence-electron chi connectivity index (χ4n) is 3.77. The lowest BCUT2D eigenvalue weighted by Gasteiger charge is -2.17. The molecule has 1 atom stereocenters. The molecule has 0 fully saturated rings. The Labute approximate surface area is 178 Å². The van der Waals surface area contributed by atoms with Crippen molar-refractivity contribution in [3.8, 4) is 11.1 Å². The molecule has 1 aliphatic carbocycles. The number of nitrogens with zero attached hydrogens (tertiary/aromatic N) is 1. The lowest BCUT2D eigenvalue weighted by molar-refractivity contribution is -0.139. The van der Waals surface area contributed by atoms with Crippen LogP contribution >= 0.6 is 11.6 Å². The van der Waals surface area contributed by atoms with Crippen LogP contribution in [0.3, 0.4) is 0 Å². The van der Waals surface area contributed by atoms with Gasteiger partial charge in [-0.1, -0.05) is 66.2 Å². The van der Waals surface area contributed by atoms with Crippen molar-refractivity contribution < 1.29 is 19.4 Å². The Morgan fingerprint density at radius 3 is 2.27 bits per heavy atom. The van der Waals surface area contributed by atoms with E-state index in [1.807, 2.05) is 48.5 Å². The first-order valence-corrected chi connectivity index (χ1v) is 9.86. The molecule has 3 aromatic rings. The van der Waals surface area contributed by atoms with Gasteiger partial charge in [-0.25, -0.2) is 14.6 Å². The molecule has 0 radical (unpaired) electrons. The highest BCUT2D eigenvalue weighted by atomic mass is 35.5. The van der Waals surface area contributed by atoms with Crippen molar-refractivity contribution in [1.29, 1.82) is 0 Å². The molecule has 1 unspecified atom stereocenters. The maximum atomic E-state index is 12.4. The van der Waals surface area contributed by atoms with Crippen LogP contribution in [0.25, 0.3) is 11.1 Å². The predicted octanol–water partition coefficient (Wildman–Crippen LogP) is 4.27. The number of carboxylic acids is 1. The number of fused-ring (bicyclic) bond motifs is 3. The number of alkyl carbamates (subject to hydrolysis) is 1. The zero-order chi connectivity index (χ0) is 21.1. The van der Waals surface area contributed by atoms with E-state index in [0.717, 1.165) is 22.3 Å². The molecule has 0 aliphatic heterocycles. The van der Waals surface area contributed by atoms with Crippen molar-refractivity contribution >= 4 is 23.7 Å². The van der Waals surface area contributed by atoms with E-state index in [-0.39, 0.29) is 24.1 Å². The summed E-state index contributed by atoms with van der Waals surface area (Å²) < 4.78 is 5.43. The zero-order valence-electron chi connectivity index (χ0n) is 15.9. The van der Waals surface area contributed by atoms with Gasteiger partial charge < -0.3 is 15.2 Å². The molecule has 2 N–H and O–H groups in total. The molecular formula is C23H19ClN2O4. The number of benzene rings is 2. The molecule has 4 rings (SSSR count). The van der Waals surface area contributed by atoms with Crippen LogP contribution in [0, 0.1) is 0 Å². The van der Waals surface area contributed by atoms with Crippen molar-refractivity contribution in [1.82, 2.24) is 10.3 Å². The minimum Gasteiger partial charge on any atom is -0.480 e. The Hall–Kier alpha value is -3.38. The second-order valence-electron chi connectivity index (χ2n) is 7.02. The number of hydrogen-bond donors (Lipinski definition) is 2. The third-order valence-corrected chi connectivity index (χ3v) is 5.53. The Kier molecular flexibility index (Phi) is 5.68. The van der Waals surface area contributed by atoms with E-state index >= 15 is 0 Å². The number of aromatic nitrogens is 1. The summed E-state index contributed by atoms with van der Waals surface area (Å²) >= 11 is 6.00. The van der Waals surface area contributed by atoms with E-state index < -0.39 is 18.1 Å². The second-order valence-corrected chi connectivity index (χ2v) is 7.38. The third kappa shape index (κ3) is 4.00. The Balaban J connectivity index is 1.44. The van der Waals surface area contributed by atoms with Gasteiger partial charge >= 0.3 is 12.1 Å². The number of carbonyl (C=O) groups is 2. The molecule has 0 saturated heterocycles. The number of carboxylic acid groups (broad SMARTS) is 1. The zero-order valence-corrected chi connectivity index (χ0v) is 16.7. The number of pyridine rings is 1. The molecule has 1 amide bonds. The van der Waals surface area contributed by atoms with E-state index in [4.69, 9.17) is 16.3 Å². The number of carbonyl (C=O) groups excluding carboxylic acids is 1. The van der Waals surface area contributed by atoms with Crippen molar-refractivity contribution in [3.63, 3.8) is 0 Å². The summed E-state index contributed by atoms with van der Waals surface area (Å²) in [6.07, 6.45) is 0.733. The van der Waals surface area contributed by atoms with Crippen LogP contribution in [0.5, 0.6) is 0 Å². The van der Waals surface area contributed by atoms with Gasteiger partial charge in [0.25, 0.3) is 0 Å². The molecule has 0 saturated carbocycles. The largest absolute Gasteiger partial charge is 0.480 e. The van der Waals surface area contributed by atoms with E-state index in [1.54, 1.807) is 12.1 Å². The van der Waals surface area contributed by atoms with Crippen LogP contribution in [0.2, 0.25) is 5.15 Å². The van der Waals surface area contributed by atoms with Crippen LogP contribution < -0.4 is 5.32 Å². The Morgan fingerprint density at radius 2 is 1.67 bits per heavy atom. The normalized spacial score (nSPS) is 13.2. The number of ether oxygens (including phenoxy) is 1. The van der Waals surface area contributed by atoms with Crippen LogP contribution in [-0.2, 0) is 16.0 Å². The first-order chi connectivity index (χ1) is 14.5. The lowest BCUT2D eigenvalue weighted by atomic mass is 9.98. The molecule has 7 heteroatoms. The highest BCUT2D eigenvalue weighted by Gasteiger charge is 2.30. The number of aliphatic carboxylic acids is 1. The summed E-state index contributed by atoms with van der Waals surface area (Å²) in [5, 5.41) is 12.1. The van der Waals surface area contributed by atoms with Crippen LogP contribution in [-0.4, -0.2) is 34.8 Å². The van der Waals surface area contributed by atoms with E-state index in [9.17, 15) is 14.7 Å². The van der Waals surface area contributed by atoms with Gasteiger partial charge in [0.15, 0.2) is 0 Å². The predicted molar refractivity (Wildman–Crippen MR) is 113 cm³/mol.